The third kappa shape index (κ3) is 5.06. The van der Waals surface area contributed by atoms with Crippen LogP contribution in [0.3, 0.4) is 0 Å². The van der Waals surface area contributed by atoms with Gasteiger partial charge in [-0.15, -0.1) is 10.2 Å². The number of rotatable bonds is 3. The van der Waals surface area contributed by atoms with E-state index in [0.29, 0.717) is 19.1 Å². The second-order valence-corrected chi connectivity index (χ2v) is 8.39. The predicted octanol–water partition coefficient (Wildman–Crippen LogP) is 3.14. The molecule has 1 fully saturated rings. The number of anilines is 1. The van der Waals surface area contributed by atoms with Gasteiger partial charge in [-0.1, -0.05) is 46.0 Å². The van der Waals surface area contributed by atoms with Crippen LogP contribution in [0.1, 0.15) is 46.0 Å². The summed E-state index contributed by atoms with van der Waals surface area (Å²) in [6.07, 6.45) is 0.717. The number of amides is 1. The highest BCUT2D eigenvalue weighted by molar-refractivity contribution is 7.15. The molecule has 0 bridgehead atoms. The highest BCUT2D eigenvalue weighted by Gasteiger charge is 2.25. The molecule has 2 heterocycles. The van der Waals surface area contributed by atoms with Gasteiger partial charge in [-0.2, -0.15) is 0 Å². The Balaban J connectivity index is 1.93. The van der Waals surface area contributed by atoms with Crippen molar-refractivity contribution < 1.29 is 9.53 Å². The van der Waals surface area contributed by atoms with Crippen LogP contribution in [0.5, 0.6) is 0 Å². The molecule has 2 rings (SSSR count). The second-order valence-electron chi connectivity index (χ2n) is 7.44. The summed E-state index contributed by atoms with van der Waals surface area (Å²) in [7, 11) is 0. The van der Waals surface area contributed by atoms with E-state index in [0.717, 1.165) is 36.2 Å². The Bertz CT molecular complexity index is 524. The van der Waals surface area contributed by atoms with Crippen molar-refractivity contribution in [3.63, 3.8) is 0 Å². The zero-order valence-electron chi connectivity index (χ0n) is 14.8. The normalized spacial score (nSPS) is 16.6. The molecule has 1 saturated heterocycles. The quantitative estimate of drug-likeness (QED) is 0.846. The molecule has 1 aliphatic heterocycles. The number of nitrogens with zero attached hydrogens (tertiary/aromatic N) is 4. The minimum atomic E-state index is -0.201. The van der Waals surface area contributed by atoms with Crippen molar-refractivity contribution in [2.75, 3.05) is 37.7 Å². The van der Waals surface area contributed by atoms with Gasteiger partial charge in [-0.05, 0) is 12.3 Å². The smallest absolute Gasteiger partial charge is 0.409 e. The first-order valence-corrected chi connectivity index (χ1v) is 9.09. The van der Waals surface area contributed by atoms with E-state index >= 15 is 0 Å². The molecule has 0 saturated carbocycles. The molecule has 0 radical (unpaired) electrons. The maximum absolute atomic E-state index is 12.1. The molecule has 130 valence electrons. The van der Waals surface area contributed by atoms with E-state index in [2.05, 4.69) is 35.9 Å². The first-order chi connectivity index (χ1) is 10.8. The summed E-state index contributed by atoms with van der Waals surface area (Å²) >= 11 is 1.65. The Hall–Kier alpha value is -1.37. The van der Waals surface area contributed by atoms with Gasteiger partial charge in [0.05, 0.1) is 6.61 Å². The summed E-state index contributed by atoms with van der Waals surface area (Å²) in [5.41, 5.74) is 0.0223. The maximum Gasteiger partial charge on any atom is 0.409 e. The van der Waals surface area contributed by atoms with Gasteiger partial charge in [-0.3, -0.25) is 0 Å². The first-order valence-electron chi connectivity index (χ1n) is 8.28. The van der Waals surface area contributed by atoms with Gasteiger partial charge in [0.2, 0.25) is 5.13 Å². The third-order valence-corrected chi connectivity index (χ3v) is 5.03. The predicted molar refractivity (Wildman–Crippen MR) is 93.2 cm³/mol. The number of ether oxygens (including phenoxy) is 1. The van der Waals surface area contributed by atoms with Gasteiger partial charge < -0.3 is 14.5 Å². The minimum absolute atomic E-state index is 0.0223. The highest BCUT2D eigenvalue weighted by Crippen LogP contribution is 2.30. The zero-order valence-corrected chi connectivity index (χ0v) is 15.7. The zero-order chi connectivity index (χ0) is 17.0. The average molecular weight is 340 g/mol. The Kier molecular flexibility index (Phi) is 5.84. The van der Waals surface area contributed by atoms with Crippen LogP contribution in [-0.2, 0) is 10.2 Å². The molecule has 0 unspecified atom stereocenters. The second kappa shape index (κ2) is 7.47. The molecule has 1 aromatic rings. The summed E-state index contributed by atoms with van der Waals surface area (Å²) < 4.78 is 5.33. The van der Waals surface area contributed by atoms with E-state index < -0.39 is 0 Å². The van der Waals surface area contributed by atoms with E-state index in [1.54, 1.807) is 16.2 Å². The lowest BCUT2D eigenvalue weighted by atomic mass is 9.98. The monoisotopic (exact) mass is 340 g/mol. The summed E-state index contributed by atoms with van der Waals surface area (Å²) in [6.45, 7) is 14.1. The topological polar surface area (TPSA) is 58.6 Å². The molecule has 7 heteroatoms. The van der Waals surface area contributed by atoms with Gasteiger partial charge >= 0.3 is 6.09 Å². The van der Waals surface area contributed by atoms with Crippen molar-refractivity contribution in [1.82, 2.24) is 15.1 Å². The van der Waals surface area contributed by atoms with Crippen LogP contribution in [0.2, 0.25) is 0 Å². The highest BCUT2D eigenvalue weighted by atomic mass is 32.1. The fraction of sp³-hybridized carbons (Fsp3) is 0.812. The van der Waals surface area contributed by atoms with Gasteiger partial charge in [0, 0.05) is 31.6 Å². The first kappa shape index (κ1) is 18.0. The number of hydrogen-bond acceptors (Lipinski definition) is 6. The van der Waals surface area contributed by atoms with E-state index in [1.165, 1.54) is 0 Å². The number of aromatic nitrogens is 2. The molecule has 23 heavy (non-hydrogen) atoms. The van der Waals surface area contributed by atoms with E-state index in [4.69, 9.17) is 4.74 Å². The van der Waals surface area contributed by atoms with E-state index in [-0.39, 0.29) is 11.5 Å². The molecular formula is C16H28N4O2S. The molecular weight excluding hydrogens is 312 g/mol. The molecule has 0 spiro atoms. The van der Waals surface area contributed by atoms with Crippen LogP contribution in [-0.4, -0.2) is 54.0 Å². The fourth-order valence-corrected chi connectivity index (χ4v) is 3.22. The van der Waals surface area contributed by atoms with Crippen molar-refractivity contribution in [2.24, 2.45) is 5.92 Å². The number of carbonyl (C=O) groups excluding carboxylic acids is 1. The van der Waals surface area contributed by atoms with Crippen molar-refractivity contribution in [2.45, 2.75) is 46.5 Å². The maximum atomic E-state index is 12.1. The summed E-state index contributed by atoms with van der Waals surface area (Å²) in [5.74, 6) is 0.361. The fourth-order valence-electron chi connectivity index (χ4n) is 2.27. The van der Waals surface area contributed by atoms with Crippen LogP contribution >= 0.6 is 11.3 Å². The lowest BCUT2D eigenvalue weighted by Crippen LogP contribution is -2.36. The van der Waals surface area contributed by atoms with Crippen LogP contribution in [0.15, 0.2) is 0 Å². The van der Waals surface area contributed by atoms with Gasteiger partial charge in [0.15, 0.2) is 0 Å². The molecule has 1 amide bonds. The standard InChI is InChI=1S/C16H28N4O2S/c1-12(2)11-22-15(21)20-8-6-7-19(9-10-20)14-18-17-13(23-14)16(3,4)5/h12H,6-11H2,1-5H3. The third-order valence-electron chi connectivity index (χ3n) is 3.62. The lowest BCUT2D eigenvalue weighted by Gasteiger charge is -2.21. The van der Waals surface area contributed by atoms with Gasteiger partial charge in [0.1, 0.15) is 5.01 Å². The van der Waals surface area contributed by atoms with E-state index in [1.807, 2.05) is 13.8 Å². The van der Waals surface area contributed by atoms with Crippen molar-refractivity contribution >= 4 is 22.6 Å². The Labute approximate surface area is 142 Å². The van der Waals surface area contributed by atoms with Crippen molar-refractivity contribution in [3.8, 4) is 0 Å². The largest absolute Gasteiger partial charge is 0.449 e. The Morgan fingerprint density at radius 3 is 2.57 bits per heavy atom. The molecule has 0 aliphatic carbocycles. The van der Waals surface area contributed by atoms with Crippen LogP contribution in [0.4, 0.5) is 9.93 Å². The summed E-state index contributed by atoms with van der Waals surface area (Å²) in [4.78, 5) is 16.1. The molecule has 1 aromatic heterocycles. The summed E-state index contributed by atoms with van der Waals surface area (Å²) in [5, 5.41) is 10.7. The van der Waals surface area contributed by atoms with Crippen molar-refractivity contribution in [1.29, 1.82) is 0 Å². The SMILES string of the molecule is CC(C)COC(=O)N1CCCN(c2nnc(C(C)(C)C)s2)CC1. The molecule has 0 aromatic carbocycles. The van der Waals surface area contributed by atoms with E-state index in [9.17, 15) is 4.79 Å². The van der Waals surface area contributed by atoms with Gasteiger partial charge in [0.25, 0.3) is 0 Å². The number of hydrogen-bond donors (Lipinski definition) is 0. The average Bonchev–Trinajstić information content (AvgIpc) is 2.84. The van der Waals surface area contributed by atoms with Crippen LogP contribution in [0.25, 0.3) is 0 Å². The molecule has 0 N–H and O–H groups in total. The molecule has 1 aliphatic rings. The Morgan fingerprint density at radius 1 is 1.22 bits per heavy atom. The number of carbonyl (C=O) groups is 1. The van der Waals surface area contributed by atoms with Gasteiger partial charge in [-0.25, -0.2) is 4.79 Å². The Morgan fingerprint density at radius 2 is 1.96 bits per heavy atom. The minimum Gasteiger partial charge on any atom is -0.449 e. The lowest BCUT2D eigenvalue weighted by molar-refractivity contribution is 0.0943. The van der Waals surface area contributed by atoms with Crippen molar-refractivity contribution in [3.05, 3.63) is 5.01 Å². The molecule has 6 nitrogen and oxygen atoms in total. The van der Waals surface area contributed by atoms with Crippen LogP contribution in [0, 0.1) is 5.92 Å². The van der Waals surface area contributed by atoms with Crippen LogP contribution < -0.4 is 4.90 Å². The molecule has 0 atom stereocenters. The summed E-state index contributed by atoms with van der Waals surface area (Å²) in [6, 6.07) is 0.